The maximum Gasteiger partial charge on any atom is 0.277 e. The first-order valence-corrected chi connectivity index (χ1v) is 7.19. The van der Waals surface area contributed by atoms with Gasteiger partial charge in [-0.05, 0) is 25.7 Å². The van der Waals surface area contributed by atoms with E-state index in [0.717, 1.165) is 43.9 Å². The van der Waals surface area contributed by atoms with Gasteiger partial charge in [0.05, 0.1) is 21.5 Å². The molecule has 1 heterocycles. The zero-order valence-corrected chi connectivity index (χ0v) is 12.2. The summed E-state index contributed by atoms with van der Waals surface area (Å²) < 4.78 is 0. The topological polar surface area (TPSA) is 107 Å². The summed E-state index contributed by atoms with van der Waals surface area (Å²) >= 11 is 0. The van der Waals surface area contributed by atoms with Gasteiger partial charge in [-0.2, -0.15) is 0 Å². The van der Waals surface area contributed by atoms with Crippen molar-refractivity contribution in [3.8, 4) is 0 Å². The van der Waals surface area contributed by atoms with Crippen molar-refractivity contribution in [2.24, 2.45) is 0 Å². The van der Waals surface area contributed by atoms with Gasteiger partial charge in [0, 0.05) is 24.7 Å². The third kappa shape index (κ3) is 3.21. The van der Waals surface area contributed by atoms with Crippen LogP contribution in [0, 0.1) is 20.2 Å². The SMILES string of the molecule is CC[C@H]1CCCCN1C(=O)c1cc([N+](=O)[O-])cc([N+](=O)[O-])c1. The van der Waals surface area contributed by atoms with Crippen molar-refractivity contribution in [3.63, 3.8) is 0 Å². The fourth-order valence-corrected chi connectivity index (χ4v) is 2.79. The smallest absolute Gasteiger partial charge is 0.277 e. The van der Waals surface area contributed by atoms with Crippen LogP contribution in [0.2, 0.25) is 0 Å². The molecule has 22 heavy (non-hydrogen) atoms. The molecule has 8 nitrogen and oxygen atoms in total. The number of nitrogens with zero attached hydrogens (tertiary/aromatic N) is 3. The molecule has 0 aliphatic carbocycles. The highest BCUT2D eigenvalue weighted by molar-refractivity contribution is 5.95. The lowest BCUT2D eigenvalue weighted by Crippen LogP contribution is -2.43. The number of non-ortho nitro benzene ring substituents is 2. The number of benzene rings is 1. The van der Waals surface area contributed by atoms with Gasteiger partial charge in [-0.3, -0.25) is 25.0 Å². The van der Waals surface area contributed by atoms with Crippen LogP contribution in [-0.2, 0) is 0 Å². The second kappa shape index (κ2) is 6.50. The van der Waals surface area contributed by atoms with Gasteiger partial charge in [0.1, 0.15) is 0 Å². The Balaban J connectivity index is 2.39. The Morgan fingerprint density at radius 3 is 2.27 bits per heavy atom. The second-order valence-corrected chi connectivity index (χ2v) is 5.31. The molecule has 1 amide bonds. The van der Waals surface area contributed by atoms with E-state index in [1.54, 1.807) is 4.90 Å². The summed E-state index contributed by atoms with van der Waals surface area (Å²) in [6, 6.07) is 3.16. The Morgan fingerprint density at radius 1 is 1.18 bits per heavy atom. The molecule has 1 atom stereocenters. The lowest BCUT2D eigenvalue weighted by atomic mass is 9.98. The van der Waals surface area contributed by atoms with Gasteiger partial charge in [-0.15, -0.1) is 0 Å². The van der Waals surface area contributed by atoms with Crippen LogP contribution >= 0.6 is 0 Å². The van der Waals surface area contributed by atoms with E-state index in [9.17, 15) is 25.0 Å². The number of hydrogen-bond acceptors (Lipinski definition) is 5. The molecule has 0 saturated carbocycles. The number of amides is 1. The molecule has 0 aromatic heterocycles. The number of hydrogen-bond donors (Lipinski definition) is 0. The molecule has 8 heteroatoms. The van der Waals surface area contributed by atoms with Crippen LogP contribution in [0.5, 0.6) is 0 Å². The van der Waals surface area contributed by atoms with Crippen molar-refractivity contribution < 1.29 is 14.6 Å². The molecule has 0 bridgehead atoms. The largest absolute Gasteiger partial charge is 0.336 e. The maximum atomic E-state index is 12.6. The zero-order valence-electron chi connectivity index (χ0n) is 12.2. The minimum Gasteiger partial charge on any atom is -0.336 e. The normalized spacial score (nSPS) is 18.0. The Hall–Kier alpha value is -2.51. The predicted octanol–water partition coefficient (Wildman–Crippen LogP) is 2.91. The minimum absolute atomic E-state index is 0.00116. The molecule has 0 spiro atoms. The monoisotopic (exact) mass is 307 g/mol. The number of carbonyl (C=O) groups is 1. The Bertz CT molecular complexity index is 584. The fourth-order valence-electron chi connectivity index (χ4n) is 2.79. The molecule has 1 aliphatic heterocycles. The van der Waals surface area contributed by atoms with Crippen molar-refractivity contribution in [2.75, 3.05) is 6.54 Å². The van der Waals surface area contributed by atoms with Gasteiger partial charge in [0.15, 0.2) is 0 Å². The highest BCUT2D eigenvalue weighted by Gasteiger charge is 2.28. The second-order valence-electron chi connectivity index (χ2n) is 5.31. The lowest BCUT2D eigenvalue weighted by molar-refractivity contribution is -0.394. The van der Waals surface area contributed by atoms with E-state index in [4.69, 9.17) is 0 Å². The van der Waals surface area contributed by atoms with Crippen molar-refractivity contribution >= 4 is 17.3 Å². The van der Waals surface area contributed by atoms with Crippen LogP contribution < -0.4 is 0 Å². The van der Waals surface area contributed by atoms with Crippen molar-refractivity contribution in [3.05, 3.63) is 44.0 Å². The maximum absolute atomic E-state index is 12.6. The Labute approximate surface area is 127 Å². The third-order valence-electron chi connectivity index (χ3n) is 3.93. The van der Waals surface area contributed by atoms with Gasteiger partial charge in [0.2, 0.25) is 0 Å². The summed E-state index contributed by atoms with van der Waals surface area (Å²) in [6.45, 7) is 2.56. The molecule has 1 aromatic rings. The first-order valence-electron chi connectivity index (χ1n) is 7.19. The standard InChI is InChI=1S/C14H17N3O5/c1-2-11-5-3-4-6-15(11)14(18)10-7-12(16(19)20)9-13(8-10)17(21)22/h7-9,11H,2-6H2,1H3/t11-/m0/s1. The average molecular weight is 307 g/mol. The number of piperidine rings is 1. The predicted molar refractivity (Wildman–Crippen MR) is 78.7 cm³/mol. The molecule has 1 saturated heterocycles. The minimum atomic E-state index is -0.725. The van der Waals surface area contributed by atoms with Crippen LogP contribution in [0.3, 0.4) is 0 Å². The summed E-state index contributed by atoms with van der Waals surface area (Å²) in [7, 11) is 0. The number of nitro groups is 2. The van der Waals surface area contributed by atoms with E-state index in [1.165, 1.54) is 0 Å². The average Bonchev–Trinajstić information content (AvgIpc) is 2.53. The molecule has 1 aromatic carbocycles. The molecule has 118 valence electrons. The van der Waals surface area contributed by atoms with Crippen LogP contribution in [0.1, 0.15) is 43.0 Å². The van der Waals surface area contributed by atoms with Gasteiger partial charge in [-0.25, -0.2) is 0 Å². The number of nitro benzene ring substituents is 2. The van der Waals surface area contributed by atoms with Crippen molar-refractivity contribution in [1.29, 1.82) is 0 Å². The Morgan fingerprint density at radius 2 is 1.77 bits per heavy atom. The molecule has 0 radical (unpaired) electrons. The fraction of sp³-hybridized carbons (Fsp3) is 0.500. The highest BCUT2D eigenvalue weighted by atomic mass is 16.6. The highest BCUT2D eigenvalue weighted by Crippen LogP contribution is 2.26. The molecule has 1 fully saturated rings. The van der Waals surface area contributed by atoms with E-state index in [1.807, 2.05) is 6.92 Å². The summed E-state index contributed by atoms with van der Waals surface area (Å²) in [4.78, 5) is 34.6. The van der Waals surface area contributed by atoms with Gasteiger partial charge < -0.3 is 4.90 Å². The van der Waals surface area contributed by atoms with Crippen molar-refractivity contribution in [2.45, 2.75) is 38.6 Å². The first kappa shape index (κ1) is 15.9. The molecule has 1 aliphatic rings. The first-order chi connectivity index (χ1) is 10.4. The van der Waals surface area contributed by atoms with Crippen LogP contribution in [0.15, 0.2) is 18.2 Å². The van der Waals surface area contributed by atoms with Gasteiger partial charge in [0.25, 0.3) is 17.3 Å². The summed E-state index contributed by atoms with van der Waals surface area (Å²) in [5.74, 6) is -0.377. The van der Waals surface area contributed by atoms with Crippen LogP contribution in [-0.4, -0.2) is 33.2 Å². The van der Waals surface area contributed by atoms with E-state index in [0.29, 0.717) is 6.54 Å². The van der Waals surface area contributed by atoms with Gasteiger partial charge >= 0.3 is 0 Å². The summed E-state index contributed by atoms with van der Waals surface area (Å²) in [5.41, 5.74) is -0.883. The Kier molecular flexibility index (Phi) is 4.69. The quantitative estimate of drug-likeness (QED) is 0.628. The number of rotatable bonds is 4. The van der Waals surface area contributed by atoms with E-state index in [-0.39, 0.29) is 17.5 Å². The molecule has 2 rings (SSSR count). The molecular formula is C14H17N3O5. The van der Waals surface area contributed by atoms with E-state index < -0.39 is 21.2 Å². The van der Waals surface area contributed by atoms with E-state index >= 15 is 0 Å². The van der Waals surface area contributed by atoms with Gasteiger partial charge in [-0.1, -0.05) is 6.92 Å². The van der Waals surface area contributed by atoms with Crippen LogP contribution in [0.25, 0.3) is 0 Å². The van der Waals surface area contributed by atoms with Crippen molar-refractivity contribution in [1.82, 2.24) is 4.90 Å². The summed E-state index contributed by atoms with van der Waals surface area (Å²) in [5, 5.41) is 21.8. The third-order valence-corrected chi connectivity index (χ3v) is 3.93. The number of likely N-dealkylation sites (tertiary alicyclic amines) is 1. The molecular weight excluding hydrogens is 290 g/mol. The summed E-state index contributed by atoms with van der Waals surface area (Å²) in [6.07, 6.45) is 3.60. The lowest BCUT2D eigenvalue weighted by Gasteiger charge is -2.35. The van der Waals surface area contributed by atoms with Crippen LogP contribution in [0.4, 0.5) is 11.4 Å². The zero-order chi connectivity index (χ0) is 16.3. The molecule has 0 N–H and O–H groups in total. The van der Waals surface area contributed by atoms with E-state index in [2.05, 4.69) is 0 Å². The number of carbonyl (C=O) groups excluding carboxylic acids is 1. The molecule has 0 unspecified atom stereocenters.